The van der Waals surface area contributed by atoms with Gasteiger partial charge in [0.2, 0.25) is 5.91 Å². The van der Waals surface area contributed by atoms with Crippen molar-refractivity contribution in [3.63, 3.8) is 0 Å². The number of rotatable bonds is 4. The molecule has 1 aromatic rings. The van der Waals surface area contributed by atoms with E-state index < -0.39 is 17.7 Å². The number of carbonyl (C=O) groups is 1. The molecule has 110 valence electrons. The van der Waals surface area contributed by atoms with Gasteiger partial charge in [-0.15, -0.1) is 0 Å². The molecule has 4 nitrogen and oxygen atoms in total. The lowest BCUT2D eigenvalue weighted by Gasteiger charge is -2.24. The summed E-state index contributed by atoms with van der Waals surface area (Å²) >= 11 is 0. The summed E-state index contributed by atoms with van der Waals surface area (Å²) in [6.07, 6.45) is 0.271. The molecule has 1 aromatic carbocycles. The van der Waals surface area contributed by atoms with E-state index in [0.29, 0.717) is 13.2 Å². The van der Waals surface area contributed by atoms with Gasteiger partial charge in [0.1, 0.15) is 11.6 Å². The van der Waals surface area contributed by atoms with Crippen LogP contribution in [0.25, 0.3) is 0 Å². The largest absolute Gasteiger partial charge is 0.378 e. The number of morpholine rings is 1. The summed E-state index contributed by atoms with van der Waals surface area (Å²) in [5.41, 5.74) is 0.271. The van der Waals surface area contributed by atoms with Gasteiger partial charge in [-0.25, -0.2) is 8.78 Å². The first-order chi connectivity index (χ1) is 9.56. The zero-order valence-electron chi connectivity index (χ0n) is 11.3. The smallest absolute Gasteiger partial charge is 0.222 e. The van der Waals surface area contributed by atoms with E-state index in [2.05, 4.69) is 10.6 Å². The zero-order valence-corrected chi connectivity index (χ0v) is 11.3. The molecule has 0 aliphatic carbocycles. The van der Waals surface area contributed by atoms with Crippen LogP contribution in [0.4, 0.5) is 8.78 Å². The highest BCUT2D eigenvalue weighted by molar-refractivity contribution is 5.77. The van der Waals surface area contributed by atoms with Crippen LogP contribution < -0.4 is 10.6 Å². The van der Waals surface area contributed by atoms with E-state index in [0.717, 1.165) is 12.6 Å². The molecule has 1 amide bonds. The van der Waals surface area contributed by atoms with Crippen molar-refractivity contribution in [3.8, 4) is 0 Å². The molecule has 0 aromatic heterocycles. The first-order valence-electron chi connectivity index (χ1n) is 6.61. The third-order valence-corrected chi connectivity index (χ3v) is 3.24. The average Bonchev–Trinajstić information content (AvgIpc) is 2.39. The van der Waals surface area contributed by atoms with Crippen molar-refractivity contribution in [1.82, 2.24) is 10.6 Å². The normalized spacial score (nSPS) is 20.4. The van der Waals surface area contributed by atoms with Crippen LogP contribution in [-0.2, 0) is 9.53 Å². The number of benzene rings is 1. The number of nitrogens with one attached hydrogen (secondary N) is 2. The van der Waals surface area contributed by atoms with Gasteiger partial charge in [-0.1, -0.05) is 6.07 Å². The Morgan fingerprint density at radius 3 is 3.00 bits per heavy atom. The van der Waals surface area contributed by atoms with E-state index in [1.54, 1.807) is 6.92 Å². The van der Waals surface area contributed by atoms with Gasteiger partial charge in [0.15, 0.2) is 0 Å². The van der Waals surface area contributed by atoms with Crippen LogP contribution in [0.2, 0.25) is 0 Å². The Morgan fingerprint density at radius 2 is 2.35 bits per heavy atom. The number of hydrogen-bond acceptors (Lipinski definition) is 3. The minimum Gasteiger partial charge on any atom is -0.378 e. The second-order valence-electron chi connectivity index (χ2n) is 4.89. The third kappa shape index (κ3) is 3.98. The van der Waals surface area contributed by atoms with Crippen LogP contribution in [0.3, 0.4) is 0 Å². The Kier molecular flexibility index (Phi) is 5.03. The van der Waals surface area contributed by atoms with Gasteiger partial charge in [-0.05, 0) is 13.0 Å². The molecule has 2 rings (SSSR count). The van der Waals surface area contributed by atoms with Crippen molar-refractivity contribution in [1.29, 1.82) is 0 Å². The second-order valence-corrected chi connectivity index (χ2v) is 4.89. The lowest BCUT2D eigenvalue weighted by atomic mass is 10.1. The van der Waals surface area contributed by atoms with Crippen molar-refractivity contribution in [3.05, 3.63) is 35.4 Å². The number of ether oxygens (including phenoxy) is 1. The van der Waals surface area contributed by atoms with E-state index >= 15 is 0 Å². The maximum atomic E-state index is 13.6. The molecule has 2 unspecified atom stereocenters. The first-order valence-corrected chi connectivity index (χ1v) is 6.61. The van der Waals surface area contributed by atoms with Crippen LogP contribution >= 0.6 is 0 Å². The minimum atomic E-state index is -0.656. The number of amides is 1. The monoisotopic (exact) mass is 284 g/mol. The Morgan fingerprint density at radius 1 is 1.55 bits per heavy atom. The lowest BCUT2D eigenvalue weighted by molar-refractivity contribution is -0.122. The van der Waals surface area contributed by atoms with Gasteiger partial charge in [-0.3, -0.25) is 4.79 Å². The van der Waals surface area contributed by atoms with Crippen molar-refractivity contribution in [2.45, 2.75) is 25.4 Å². The van der Waals surface area contributed by atoms with Crippen molar-refractivity contribution < 1.29 is 18.3 Å². The second kappa shape index (κ2) is 6.76. The molecule has 20 heavy (non-hydrogen) atoms. The number of hydrogen-bond donors (Lipinski definition) is 2. The predicted octanol–water partition coefficient (Wildman–Crippen LogP) is 1.52. The van der Waals surface area contributed by atoms with Crippen molar-refractivity contribution in [2.75, 3.05) is 19.8 Å². The number of carbonyl (C=O) groups excluding carboxylic acids is 1. The summed E-state index contributed by atoms with van der Waals surface area (Å²) in [4.78, 5) is 11.9. The maximum Gasteiger partial charge on any atom is 0.222 e. The predicted molar refractivity (Wildman–Crippen MR) is 70.1 cm³/mol. The van der Waals surface area contributed by atoms with E-state index in [1.807, 2.05) is 0 Å². The zero-order chi connectivity index (χ0) is 14.5. The van der Waals surface area contributed by atoms with E-state index in [-0.39, 0.29) is 23.9 Å². The molecule has 1 heterocycles. The molecule has 1 fully saturated rings. The highest BCUT2D eigenvalue weighted by Crippen LogP contribution is 2.17. The van der Waals surface area contributed by atoms with Gasteiger partial charge in [0.05, 0.1) is 19.3 Å². The molecule has 0 radical (unpaired) electrons. The highest BCUT2D eigenvalue weighted by Gasteiger charge is 2.19. The highest BCUT2D eigenvalue weighted by atomic mass is 19.1. The van der Waals surface area contributed by atoms with Crippen molar-refractivity contribution in [2.24, 2.45) is 0 Å². The molecule has 0 spiro atoms. The molecular weight excluding hydrogens is 266 g/mol. The summed E-state index contributed by atoms with van der Waals surface area (Å²) in [5, 5.41) is 5.88. The Balaban J connectivity index is 1.89. The fourth-order valence-electron chi connectivity index (χ4n) is 2.21. The summed E-state index contributed by atoms with van der Waals surface area (Å²) in [5.74, 6) is -1.48. The average molecular weight is 284 g/mol. The summed E-state index contributed by atoms with van der Waals surface area (Å²) in [7, 11) is 0. The first kappa shape index (κ1) is 14.9. The molecule has 2 N–H and O–H groups in total. The summed E-state index contributed by atoms with van der Waals surface area (Å²) < 4.78 is 31.7. The maximum absolute atomic E-state index is 13.6. The molecule has 0 bridgehead atoms. The van der Waals surface area contributed by atoms with E-state index in [4.69, 9.17) is 4.74 Å². The SMILES string of the molecule is CC(NC(=O)CC1COCCN1)c1ccc(F)cc1F. The van der Waals surface area contributed by atoms with Crippen LogP contribution in [0, 0.1) is 11.6 Å². The molecule has 2 atom stereocenters. The minimum absolute atomic E-state index is 0.0194. The molecule has 1 aliphatic heterocycles. The number of halogens is 2. The summed E-state index contributed by atoms with van der Waals surface area (Å²) in [6.45, 7) is 3.53. The Hall–Kier alpha value is -1.53. The molecular formula is C14H18F2N2O2. The molecule has 1 aliphatic rings. The quantitative estimate of drug-likeness (QED) is 0.881. The Bertz CT molecular complexity index is 476. The lowest BCUT2D eigenvalue weighted by Crippen LogP contribution is -2.44. The fraction of sp³-hybridized carbons (Fsp3) is 0.500. The third-order valence-electron chi connectivity index (χ3n) is 3.24. The van der Waals surface area contributed by atoms with Crippen LogP contribution in [0.15, 0.2) is 18.2 Å². The van der Waals surface area contributed by atoms with E-state index in [1.165, 1.54) is 12.1 Å². The summed E-state index contributed by atoms with van der Waals surface area (Å²) in [6, 6.07) is 2.81. The molecule has 0 saturated carbocycles. The van der Waals surface area contributed by atoms with Gasteiger partial charge in [0, 0.05) is 30.6 Å². The molecule has 6 heteroatoms. The fourth-order valence-corrected chi connectivity index (χ4v) is 2.21. The van der Waals surface area contributed by atoms with Crippen LogP contribution in [-0.4, -0.2) is 31.7 Å². The Labute approximate surface area is 116 Å². The standard InChI is InChI=1S/C14H18F2N2O2/c1-9(12-3-2-10(15)6-13(12)16)18-14(19)7-11-8-20-5-4-17-11/h2-3,6,9,11,17H,4-5,7-8H2,1H3,(H,18,19). The van der Waals surface area contributed by atoms with Crippen molar-refractivity contribution >= 4 is 5.91 Å². The van der Waals surface area contributed by atoms with Gasteiger partial charge in [0.25, 0.3) is 0 Å². The van der Waals surface area contributed by atoms with Gasteiger partial charge in [-0.2, -0.15) is 0 Å². The van der Waals surface area contributed by atoms with E-state index in [9.17, 15) is 13.6 Å². The van der Waals surface area contributed by atoms with Crippen LogP contribution in [0.5, 0.6) is 0 Å². The molecule has 1 saturated heterocycles. The van der Waals surface area contributed by atoms with Gasteiger partial charge < -0.3 is 15.4 Å². The van der Waals surface area contributed by atoms with Gasteiger partial charge >= 0.3 is 0 Å². The van der Waals surface area contributed by atoms with Crippen LogP contribution in [0.1, 0.15) is 24.9 Å². The topological polar surface area (TPSA) is 50.4 Å².